The molecule has 0 bridgehead atoms. The maximum absolute atomic E-state index is 12.8. The summed E-state index contributed by atoms with van der Waals surface area (Å²) >= 11 is 6.15. The van der Waals surface area contributed by atoms with E-state index < -0.39 is 0 Å². The van der Waals surface area contributed by atoms with E-state index >= 15 is 0 Å². The molecule has 8 heteroatoms. The first-order valence-corrected chi connectivity index (χ1v) is 12.9. The van der Waals surface area contributed by atoms with Gasteiger partial charge in [-0.05, 0) is 25.0 Å². The van der Waals surface area contributed by atoms with Crippen LogP contribution in [-0.2, 0) is 9.53 Å². The minimum absolute atomic E-state index is 0.123. The molecule has 2 heterocycles. The van der Waals surface area contributed by atoms with Crippen LogP contribution in [0, 0.1) is 0 Å². The number of nitrogens with zero attached hydrogens (tertiary/aromatic N) is 3. The van der Waals surface area contributed by atoms with Gasteiger partial charge in [-0.2, -0.15) is 0 Å². The molecule has 1 saturated carbocycles. The molecule has 1 aromatic carbocycles. The number of halogens is 1. The monoisotopic (exact) mass is 478 g/mol. The highest BCUT2D eigenvalue weighted by Gasteiger charge is 2.38. The summed E-state index contributed by atoms with van der Waals surface area (Å²) in [4.78, 5) is 20.0. The molecule has 1 aromatic rings. The molecule has 0 atom stereocenters. The van der Waals surface area contributed by atoms with Crippen molar-refractivity contribution < 1.29 is 14.3 Å². The molecule has 3 fully saturated rings. The van der Waals surface area contributed by atoms with Gasteiger partial charge < -0.3 is 14.8 Å². The Morgan fingerprint density at radius 2 is 1.70 bits per heavy atom. The standard InChI is InChI=1S/C25H39ClN4O3/c26-22-6-2-3-7-23(22)33-19-14-28-10-12-29(13-11-28)20-24(31)27-21-25(8-4-1-5-9-25)30-15-17-32-18-16-30/h2-3,6-7H,1,4-5,8-21H2,(H,27,31). The fourth-order valence-electron chi connectivity index (χ4n) is 5.39. The largest absolute Gasteiger partial charge is 0.491 e. The van der Waals surface area contributed by atoms with Gasteiger partial charge in [0.1, 0.15) is 12.4 Å². The summed E-state index contributed by atoms with van der Waals surface area (Å²) in [7, 11) is 0. The third-order valence-electron chi connectivity index (χ3n) is 7.41. The Morgan fingerprint density at radius 3 is 2.42 bits per heavy atom. The predicted molar refractivity (Wildman–Crippen MR) is 131 cm³/mol. The van der Waals surface area contributed by atoms with Gasteiger partial charge in [0.25, 0.3) is 0 Å². The van der Waals surface area contributed by atoms with E-state index in [1.165, 1.54) is 32.1 Å². The zero-order chi connectivity index (χ0) is 22.9. The molecular weight excluding hydrogens is 440 g/mol. The van der Waals surface area contributed by atoms with Crippen molar-refractivity contribution >= 4 is 17.5 Å². The van der Waals surface area contributed by atoms with Crippen LogP contribution in [0.25, 0.3) is 0 Å². The van der Waals surface area contributed by atoms with Crippen molar-refractivity contribution in [2.24, 2.45) is 0 Å². The van der Waals surface area contributed by atoms with E-state index in [-0.39, 0.29) is 11.4 Å². The summed E-state index contributed by atoms with van der Waals surface area (Å²) in [5.74, 6) is 0.894. The molecule has 1 amide bonds. The van der Waals surface area contributed by atoms with Gasteiger partial charge in [0.05, 0.1) is 24.8 Å². The number of benzene rings is 1. The van der Waals surface area contributed by atoms with Crippen molar-refractivity contribution in [3.63, 3.8) is 0 Å². The van der Waals surface area contributed by atoms with E-state index in [9.17, 15) is 4.79 Å². The number of morpholine rings is 1. The normalized spacial score (nSPS) is 22.7. The number of rotatable bonds is 9. The second-order valence-electron chi connectivity index (χ2n) is 9.56. The van der Waals surface area contributed by atoms with E-state index in [1.54, 1.807) is 0 Å². The number of carbonyl (C=O) groups excluding carboxylic acids is 1. The van der Waals surface area contributed by atoms with Crippen LogP contribution in [0.3, 0.4) is 0 Å². The SMILES string of the molecule is O=C(CN1CCN(CCOc2ccccc2Cl)CC1)NCC1(N2CCOCC2)CCCCC1. The second kappa shape index (κ2) is 12.4. The molecule has 0 unspecified atom stereocenters. The van der Waals surface area contributed by atoms with Crippen LogP contribution in [0.5, 0.6) is 5.75 Å². The third kappa shape index (κ3) is 7.06. The number of ether oxygens (including phenoxy) is 2. The molecular formula is C25H39ClN4O3. The molecule has 0 radical (unpaired) electrons. The van der Waals surface area contributed by atoms with Crippen LogP contribution in [-0.4, -0.2) is 105 Å². The number of nitrogens with one attached hydrogen (secondary N) is 1. The van der Waals surface area contributed by atoms with Crippen molar-refractivity contribution in [2.45, 2.75) is 37.6 Å². The molecule has 2 aliphatic heterocycles. The molecule has 0 spiro atoms. The fraction of sp³-hybridized carbons (Fsp3) is 0.720. The first kappa shape index (κ1) is 24.7. The maximum Gasteiger partial charge on any atom is 0.234 e. The topological polar surface area (TPSA) is 57.3 Å². The smallest absolute Gasteiger partial charge is 0.234 e. The number of piperazine rings is 1. The van der Waals surface area contributed by atoms with E-state index in [0.717, 1.165) is 71.3 Å². The summed E-state index contributed by atoms with van der Waals surface area (Å²) in [6.07, 6.45) is 6.20. The van der Waals surface area contributed by atoms with Crippen molar-refractivity contribution in [1.82, 2.24) is 20.0 Å². The Labute approximate surface area is 203 Å². The first-order chi connectivity index (χ1) is 16.1. The lowest BCUT2D eigenvalue weighted by Crippen LogP contribution is -2.60. The van der Waals surface area contributed by atoms with Crippen LogP contribution >= 0.6 is 11.6 Å². The number of hydrogen-bond acceptors (Lipinski definition) is 6. The molecule has 3 aliphatic rings. The number of carbonyl (C=O) groups is 1. The van der Waals surface area contributed by atoms with Crippen molar-refractivity contribution in [1.29, 1.82) is 0 Å². The predicted octanol–water partition coefficient (Wildman–Crippen LogP) is 2.49. The van der Waals surface area contributed by atoms with Gasteiger partial charge in [0.2, 0.25) is 5.91 Å². The van der Waals surface area contributed by atoms with Gasteiger partial charge in [-0.15, -0.1) is 0 Å². The molecule has 2 saturated heterocycles. The Morgan fingerprint density at radius 1 is 1.00 bits per heavy atom. The Hall–Kier alpha value is -1.38. The number of hydrogen-bond donors (Lipinski definition) is 1. The lowest BCUT2D eigenvalue weighted by atomic mass is 9.79. The molecule has 33 heavy (non-hydrogen) atoms. The highest BCUT2D eigenvalue weighted by molar-refractivity contribution is 6.32. The zero-order valence-electron chi connectivity index (χ0n) is 19.8. The van der Waals surface area contributed by atoms with Gasteiger partial charge in [-0.3, -0.25) is 19.5 Å². The summed E-state index contributed by atoms with van der Waals surface area (Å²) in [5.41, 5.74) is 0.123. The summed E-state index contributed by atoms with van der Waals surface area (Å²) in [5, 5.41) is 3.95. The number of para-hydroxylation sites is 1. The molecule has 184 valence electrons. The lowest BCUT2D eigenvalue weighted by Gasteiger charge is -2.48. The van der Waals surface area contributed by atoms with Crippen LogP contribution in [0.1, 0.15) is 32.1 Å². The van der Waals surface area contributed by atoms with E-state index in [4.69, 9.17) is 21.1 Å². The Kier molecular flexibility index (Phi) is 9.26. The van der Waals surface area contributed by atoms with Gasteiger partial charge in [-0.25, -0.2) is 0 Å². The average molecular weight is 479 g/mol. The minimum atomic E-state index is 0.123. The second-order valence-corrected chi connectivity index (χ2v) is 9.97. The van der Waals surface area contributed by atoms with Gasteiger partial charge in [0.15, 0.2) is 0 Å². The highest BCUT2D eigenvalue weighted by atomic mass is 35.5. The van der Waals surface area contributed by atoms with E-state index in [1.807, 2.05) is 24.3 Å². The summed E-state index contributed by atoms with van der Waals surface area (Å²) in [6, 6.07) is 7.58. The van der Waals surface area contributed by atoms with Crippen molar-refractivity contribution in [2.75, 3.05) is 78.7 Å². The molecule has 1 N–H and O–H groups in total. The van der Waals surface area contributed by atoms with Crippen LogP contribution in [0.2, 0.25) is 5.02 Å². The van der Waals surface area contributed by atoms with Crippen molar-refractivity contribution in [3.05, 3.63) is 29.3 Å². The number of amides is 1. The zero-order valence-corrected chi connectivity index (χ0v) is 20.5. The van der Waals surface area contributed by atoms with Gasteiger partial charge in [-0.1, -0.05) is 43.0 Å². The maximum atomic E-state index is 12.8. The molecule has 7 nitrogen and oxygen atoms in total. The summed E-state index contributed by atoms with van der Waals surface area (Å²) < 4.78 is 11.4. The third-order valence-corrected chi connectivity index (χ3v) is 7.73. The fourth-order valence-corrected chi connectivity index (χ4v) is 5.58. The van der Waals surface area contributed by atoms with Gasteiger partial charge in [0, 0.05) is 57.9 Å². The van der Waals surface area contributed by atoms with Crippen molar-refractivity contribution in [3.8, 4) is 5.75 Å². The quantitative estimate of drug-likeness (QED) is 0.588. The van der Waals surface area contributed by atoms with Crippen LogP contribution < -0.4 is 10.1 Å². The minimum Gasteiger partial charge on any atom is -0.491 e. The lowest BCUT2D eigenvalue weighted by molar-refractivity contribution is -0.124. The highest BCUT2D eigenvalue weighted by Crippen LogP contribution is 2.33. The summed E-state index contributed by atoms with van der Waals surface area (Å²) in [6.45, 7) is 10.1. The van der Waals surface area contributed by atoms with Crippen LogP contribution in [0.15, 0.2) is 24.3 Å². The first-order valence-electron chi connectivity index (χ1n) is 12.6. The van der Waals surface area contributed by atoms with Crippen LogP contribution in [0.4, 0.5) is 0 Å². The molecule has 4 rings (SSSR count). The van der Waals surface area contributed by atoms with E-state index in [0.29, 0.717) is 18.2 Å². The average Bonchev–Trinajstić information content (AvgIpc) is 2.86. The molecule has 0 aromatic heterocycles. The molecule has 1 aliphatic carbocycles. The van der Waals surface area contributed by atoms with Gasteiger partial charge >= 0.3 is 0 Å². The van der Waals surface area contributed by atoms with E-state index in [2.05, 4.69) is 20.0 Å². The Bertz CT molecular complexity index is 745. The Balaban J connectivity index is 1.15.